The second kappa shape index (κ2) is 4.82. The van der Waals surface area contributed by atoms with Gasteiger partial charge in [0.15, 0.2) is 0 Å². The molecule has 0 saturated heterocycles. The SMILES string of the molecule is CCc1ccc(S(=O)(=O)O)cc1.[Li]. The molecule has 0 aliphatic carbocycles. The fourth-order valence-corrected chi connectivity index (χ4v) is 1.38. The van der Waals surface area contributed by atoms with Crippen LogP contribution in [0.2, 0.25) is 0 Å². The summed E-state index contributed by atoms with van der Waals surface area (Å²) in [6.07, 6.45) is 0.853. The molecule has 1 aromatic carbocycles. The monoisotopic (exact) mass is 193 g/mol. The zero-order valence-electron chi connectivity index (χ0n) is 7.69. The Morgan fingerprint density at radius 3 is 2.00 bits per heavy atom. The average molecular weight is 193 g/mol. The second-order valence-corrected chi connectivity index (χ2v) is 3.89. The first-order valence-electron chi connectivity index (χ1n) is 3.60. The fourth-order valence-electron chi connectivity index (χ4n) is 0.897. The molecule has 67 valence electrons. The van der Waals surface area contributed by atoms with Crippen LogP contribution in [-0.2, 0) is 16.5 Å². The Morgan fingerprint density at radius 2 is 1.69 bits per heavy atom. The summed E-state index contributed by atoms with van der Waals surface area (Å²) in [6.45, 7) is 1.97. The molecule has 0 heterocycles. The Hall–Kier alpha value is -0.273. The van der Waals surface area contributed by atoms with Crippen molar-refractivity contribution >= 4 is 29.0 Å². The molecule has 0 aliphatic rings. The molecule has 13 heavy (non-hydrogen) atoms. The quantitative estimate of drug-likeness (QED) is 0.565. The molecule has 0 unspecified atom stereocenters. The van der Waals surface area contributed by atoms with Gasteiger partial charge in [-0.2, -0.15) is 8.42 Å². The van der Waals surface area contributed by atoms with Gasteiger partial charge in [0.2, 0.25) is 0 Å². The van der Waals surface area contributed by atoms with Gasteiger partial charge in [-0.1, -0.05) is 19.1 Å². The van der Waals surface area contributed by atoms with Crippen molar-refractivity contribution < 1.29 is 13.0 Å². The van der Waals surface area contributed by atoms with Gasteiger partial charge >= 0.3 is 0 Å². The Balaban J connectivity index is 0.00000144. The van der Waals surface area contributed by atoms with Gasteiger partial charge in [-0.25, -0.2) is 0 Å². The second-order valence-electron chi connectivity index (χ2n) is 2.47. The summed E-state index contributed by atoms with van der Waals surface area (Å²) in [4.78, 5) is -0.0558. The van der Waals surface area contributed by atoms with E-state index in [2.05, 4.69) is 0 Å². The normalized spacial score (nSPS) is 10.6. The number of rotatable bonds is 2. The maximum Gasteiger partial charge on any atom is 0.294 e. The van der Waals surface area contributed by atoms with E-state index in [-0.39, 0.29) is 23.8 Å². The fraction of sp³-hybridized carbons (Fsp3) is 0.250. The summed E-state index contributed by atoms with van der Waals surface area (Å²) in [5, 5.41) is 0. The van der Waals surface area contributed by atoms with Gasteiger partial charge in [0.05, 0.1) is 4.90 Å². The largest absolute Gasteiger partial charge is 0.294 e. The van der Waals surface area contributed by atoms with Gasteiger partial charge in [-0.05, 0) is 24.1 Å². The Morgan fingerprint density at radius 1 is 1.23 bits per heavy atom. The Bertz CT molecular complexity index is 355. The molecule has 1 aromatic rings. The van der Waals surface area contributed by atoms with Crippen LogP contribution in [-0.4, -0.2) is 31.8 Å². The van der Waals surface area contributed by atoms with E-state index < -0.39 is 10.1 Å². The van der Waals surface area contributed by atoms with Crippen LogP contribution < -0.4 is 0 Å². The van der Waals surface area contributed by atoms with E-state index in [0.717, 1.165) is 12.0 Å². The number of aryl methyl sites for hydroxylation is 1. The summed E-state index contributed by atoms with van der Waals surface area (Å²) < 4.78 is 29.8. The molecular weight excluding hydrogens is 183 g/mol. The zero-order valence-corrected chi connectivity index (χ0v) is 8.50. The van der Waals surface area contributed by atoms with E-state index in [0.29, 0.717) is 0 Å². The van der Waals surface area contributed by atoms with E-state index in [1.54, 1.807) is 12.1 Å². The standard InChI is InChI=1S/C8H10O3S.Li/c1-2-7-3-5-8(6-4-7)12(9,10)11;/h3-6H,2H2,1H3,(H,9,10,11);. The first kappa shape index (κ1) is 12.7. The smallest absolute Gasteiger partial charge is 0.282 e. The van der Waals surface area contributed by atoms with Crippen LogP contribution in [0.4, 0.5) is 0 Å². The van der Waals surface area contributed by atoms with Crippen molar-refractivity contribution in [1.82, 2.24) is 0 Å². The van der Waals surface area contributed by atoms with Crippen LogP contribution >= 0.6 is 0 Å². The van der Waals surface area contributed by atoms with Crippen molar-refractivity contribution in [1.29, 1.82) is 0 Å². The summed E-state index contributed by atoms with van der Waals surface area (Å²) >= 11 is 0. The van der Waals surface area contributed by atoms with Crippen molar-refractivity contribution in [2.24, 2.45) is 0 Å². The van der Waals surface area contributed by atoms with Gasteiger partial charge in [0.1, 0.15) is 0 Å². The van der Waals surface area contributed by atoms with E-state index in [1.807, 2.05) is 6.92 Å². The minimum absolute atomic E-state index is 0. The molecule has 5 heteroatoms. The number of hydrogen-bond donors (Lipinski definition) is 1. The molecule has 1 radical (unpaired) electrons. The molecule has 0 bridgehead atoms. The van der Waals surface area contributed by atoms with Crippen LogP contribution in [0.5, 0.6) is 0 Å². The average Bonchev–Trinajstić information content (AvgIpc) is 2.03. The summed E-state index contributed by atoms with van der Waals surface area (Å²) in [6, 6.07) is 6.16. The third-order valence-corrected chi connectivity index (χ3v) is 2.50. The molecule has 1 N–H and O–H groups in total. The maximum absolute atomic E-state index is 10.6. The van der Waals surface area contributed by atoms with Crippen LogP contribution in [0.1, 0.15) is 12.5 Å². The van der Waals surface area contributed by atoms with Gasteiger partial charge < -0.3 is 0 Å². The first-order valence-corrected chi connectivity index (χ1v) is 5.04. The summed E-state index contributed by atoms with van der Waals surface area (Å²) in [5.41, 5.74) is 1.04. The van der Waals surface area contributed by atoms with E-state index in [9.17, 15) is 8.42 Å². The third kappa shape index (κ3) is 3.53. The van der Waals surface area contributed by atoms with Crippen molar-refractivity contribution in [3.63, 3.8) is 0 Å². The predicted molar refractivity (Wildman–Crippen MR) is 51.4 cm³/mol. The van der Waals surface area contributed by atoms with Crippen LogP contribution in [0.3, 0.4) is 0 Å². The van der Waals surface area contributed by atoms with Crippen LogP contribution in [0.25, 0.3) is 0 Å². The topological polar surface area (TPSA) is 54.4 Å². The van der Waals surface area contributed by atoms with Gasteiger partial charge in [-0.3, -0.25) is 4.55 Å². The first-order chi connectivity index (χ1) is 5.54. The van der Waals surface area contributed by atoms with E-state index >= 15 is 0 Å². The molecule has 1 rings (SSSR count). The molecule has 0 spiro atoms. The van der Waals surface area contributed by atoms with Crippen molar-refractivity contribution in [3.05, 3.63) is 29.8 Å². The van der Waals surface area contributed by atoms with Gasteiger partial charge in [-0.15, -0.1) is 0 Å². The van der Waals surface area contributed by atoms with Crippen LogP contribution in [0.15, 0.2) is 29.2 Å². The van der Waals surface area contributed by atoms with Crippen molar-refractivity contribution in [3.8, 4) is 0 Å². The van der Waals surface area contributed by atoms with E-state index in [1.165, 1.54) is 12.1 Å². The predicted octanol–water partition coefficient (Wildman–Crippen LogP) is 1.11. The molecule has 0 amide bonds. The number of hydrogen-bond acceptors (Lipinski definition) is 2. The summed E-state index contributed by atoms with van der Waals surface area (Å²) in [5.74, 6) is 0. The van der Waals surface area contributed by atoms with Crippen molar-refractivity contribution in [2.75, 3.05) is 0 Å². The molecule has 0 aromatic heterocycles. The zero-order chi connectivity index (χ0) is 9.19. The van der Waals surface area contributed by atoms with Gasteiger partial charge in [0.25, 0.3) is 10.1 Å². The Kier molecular flexibility index (Phi) is 4.72. The van der Waals surface area contributed by atoms with Gasteiger partial charge in [0, 0.05) is 18.9 Å². The van der Waals surface area contributed by atoms with Crippen molar-refractivity contribution in [2.45, 2.75) is 18.2 Å². The Labute approximate surface area is 90.1 Å². The molecule has 0 atom stereocenters. The minimum Gasteiger partial charge on any atom is -0.282 e. The van der Waals surface area contributed by atoms with Crippen LogP contribution in [0, 0.1) is 0 Å². The molecule has 0 saturated carbocycles. The minimum atomic E-state index is -4.03. The molecule has 0 aliphatic heterocycles. The molecule has 3 nitrogen and oxygen atoms in total. The molecular formula is C8H10LiO3S. The summed E-state index contributed by atoms with van der Waals surface area (Å²) in [7, 11) is -4.03. The maximum atomic E-state index is 10.6. The third-order valence-electron chi connectivity index (χ3n) is 1.63. The molecule has 0 fully saturated rings. The number of benzene rings is 1. The van der Waals surface area contributed by atoms with E-state index in [4.69, 9.17) is 4.55 Å².